The largest absolute Gasteiger partial charge is 0.486 e. The molecule has 0 aromatic heterocycles. The number of hydrogen-bond donors (Lipinski definition) is 0. The zero-order valence-corrected chi connectivity index (χ0v) is 16.7. The number of carbonyl (C=O) groups excluding carboxylic acids is 1. The zero-order chi connectivity index (χ0) is 14.7. The van der Waals surface area contributed by atoms with Gasteiger partial charge in [-0.3, -0.25) is 4.79 Å². The number of ether oxygens (including phenoxy) is 2. The third kappa shape index (κ3) is 4.24. The van der Waals surface area contributed by atoms with Crippen LogP contribution in [0.25, 0.3) is 5.70 Å². The molecular formula is C14H14FINO3Y-. The van der Waals surface area contributed by atoms with E-state index in [2.05, 4.69) is 28.7 Å². The van der Waals surface area contributed by atoms with Crippen LogP contribution in [0.15, 0.2) is 18.2 Å². The zero-order valence-electron chi connectivity index (χ0n) is 11.7. The van der Waals surface area contributed by atoms with Gasteiger partial charge in [0.15, 0.2) is 6.79 Å². The van der Waals surface area contributed by atoms with Crippen molar-refractivity contribution in [2.24, 2.45) is 0 Å². The fourth-order valence-electron chi connectivity index (χ4n) is 1.95. The molecule has 0 spiro atoms. The normalized spacial score (nSPS) is 18.1. The van der Waals surface area contributed by atoms with E-state index >= 15 is 0 Å². The van der Waals surface area contributed by atoms with Crippen molar-refractivity contribution < 1.29 is 51.4 Å². The summed E-state index contributed by atoms with van der Waals surface area (Å²) in [7, 11) is 3.10. The molecule has 1 aliphatic rings. The fourth-order valence-corrected chi connectivity index (χ4v) is 2.58. The summed E-state index contributed by atoms with van der Waals surface area (Å²) in [5, 5.41) is 0. The van der Waals surface area contributed by atoms with Crippen LogP contribution in [0.3, 0.4) is 0 Å². The van der Waals surface area contributed by atoms with Crippen LogP contribution in [0.2, 0.25) is 0 Å². The van der Waals surface area contributed by atoms with Crippen LogP contribution in [-0.4, -0.2) is 35.7 Å². The molecule has 1 heterocycles. The summed E-state index contributed by atoms with van der Waals surface area (Å²) in [5.41, 5.74) is 0.649. The van der Waals surface area contributed by atoms with E-state index in [1.807, 2.05) is 0 Å². The molecule has 1 amide bonds. The van der Waals surface area contributed by atoms with Crippen molar-refractivity contribution in [1.82, 2.24) is 4.90 Å². The van der Waals surface area contributed by atoms with Crippen molar-refractivity contribution in [1.29, 1.82) is 0 Å². The monoisotopic (exact) mass is 479 g/mol. The number of methoxy groups -OCH3 is 1. The van der Waals surface area contributed by atoms with Gasteiger partial charge in [0.05, 0.1) is 15.5 Å². The maximum Gasteiger partial charge on any atom is 0.235 e. The SMILES string of the molecule is COCOc1cccc(F)c1C1=[C-]CC(I)C(=O)N1C.[Y]. The fraction of sp³-hybridized carbons (Fsp3) is 0.357. The Balaban J connectivity index is 0.00000220. The number of halogens is 2. The number of allylic oxidation sites excluding steroid dienone is 1. The third-order valence-corrected chi connectivity index (χ3v) is 3.90. The van der Waals surface area contributed by atoms with Crippen LogP contribution < -0.4 is 4.74 Å². The third-order valence-electron chi connectivity index (χ3n) is 2.93. The van der Waals surface area contributed by atoms with E-state index in [0.717, 1.165) is 0 Å². The number of alkyl halides is 1. The molecule has 0 aliphatic carbocycles. The average Bonchev–Trinajstić information content (AvgIpc) is 2.44. The number of nitrogens with zero attached hydrogens (tertiary/aromatic N) is 1. The topological polar surface area (TPSA) is 38.8 Å². The van der Waals surface area contributed by atoms with Gasteiger partial charge in [-0.05, 0) is 12.1 Å². The van der Waals surface area contributed by atoms with Crippen LogP contribution in [0.1, 0.15) is 12.0 Å². The van der Waals surface area contributed by atoms with E-state index in [9.17, 15) is 9.18 Å². The molecule has 7 heteroatoms. The average molecular weight is 479 g/mol. The van der Waals surface area contributed by atoms with Crippen LogP contribution in [-0.2, 0) is 42.2 Å². The van der Waals surface area contributed by atoms with Gasteiger partial charge in [-0.2, -0.15) is 0 Å². The maximum absolute atomic E-state index is 14.1. The predicted octanol–water partition coefficient (Wildman–Crippen LogP) is 2.62. The number of rotatable bonds is 4. The van der Waals surface area contributed by atoms with E-state index in [-0.39, 0.29) is 54.9 Å². The first kappa shape index (κ1) is 19.0. The van der Waals surface area contributed by atoms with Gasteiger partial charge in [0.1, 0.15) is 0 Å². The van der Waals surface area contributed by atoms with E-state index < -0.39 is 5.82 Å². The van der Waals surface area contributed by atoms with Gasteiger partial charge >= 0.3 is 0 Å². The van der Waals surface area contributed by atoms with Gasteiger partial charge in [-0.15, -0.1) is 5.70 Å². The number of amides is 1. The summed E-state index contributed by atoms with van der Waals surface area (Å²) in [6.45, 7) is 0.0102. The van der Waals surface area contributed by atoms with Gasteiger partial charge in [-0.25, -0.2) is 10.5 Å². The molecule has 4 nitrogen and oxygen atoms in total. The van der Waals surface area contributed by atoms with Crippen LogP contribution in [0.4, 0.5) is 4.39 Å². The summed E-state index contributed by atoms with van der Waals surface area (Å²) in [5.74, 6) is -0.186. The molecule has 0 saturated carbocycles. The minimum absolute atomic E-state index is 0. The van der Waals surface area contributed by atoms with E-state index in [1.54, 1.807) is 19.2 Å². The Hall–Kier alpha value is -0.0461. The Morgan fingerprint density at radius 3 is 2.90 bits per heavy atom. The molecular weight excluding hydrogens is 465 g/mol. The summed E-state index contributed by atoms with van der Waals surface area (Å²) in [4.78, 5) is 13.4. The van der Waals surface area contributed by atoms with Crippen LogP contribution in [0.5, 0.6) is 5.75 Å². The second-order valence-electron chi connectivity index (χ2n) is 4.26. The first-order valence-corrected chi connectivity index (χ1v) is 7.24. The Labute approximate surface area is 162 Å². The van der Waals surface area contributed by atoms with Gasteiger partial charge < -0.3 is 14.4 Å². The molecule has 1 unspecified atom stereocenters. The van der Waals surface area contributed by atoms with Crippen molar-refractivity contribution in [3.63, 3.8) is 0 Å². The van der Waals surface area contributed by atoms with Gasteiger partial charge in [0, 0.05) is 46.9 Å². The Morgan fingerprint density at radius 1 is 1.52 bits per heavy atom. The van der Waals surface area contributed by atoms with Crippen LogP contribution >= 0.6 is 22.6 Å². The van der Waals surface area contributed by atoms with E-state index in [1.165, 1.54) is 18.1 Å². The number of benzene rings is 1. The first-order valence-electron chi connectivity index (χ1n) is 5.99. The van der Waals surface area contributed by atoms with Crippen molar-refractivity contribution >= 4 is 34.2 Å². The molecule has 21 heavy (non-hydrogen) atoms. The molecule has 0 fully saturated rings. The molecule has 0 N–H and O–H groups in total. The molecule has 1 aromatic rings. The molecule has 111 valence electrons. The predicted molar refractivity (Wildman–Crippen MR) is 80.7 cm³/mol. The van der Waals surface area contributed by atoms with Crippen molar-refractivity contribution in [2.75, 3.05) is 21.0 Å². The molecule has 1 aromatic carbocycles. The summed E-state index contributed by atoms with van der Waals surface area (Å²) in [6, 6.07) is 4.52. The first-order chi connectivity index (χ1) is 9.56. The molecule has 1 aliphatic heterocycles. The van der Waals surface area contributed by atoms with Crippen molar-refractivity contribution in [2.45, 2.75) is 10.3 Å². The quantitative estimate of drug-likeness (QED) is 0.289. The maximum atomic E-state index is 14.1. The number of carbonyl (C=O) groups is 1. The minimum Gasteiger partial charge on any atom is -0.486 e. The van der Waals surface area contributed by atoms with E-state index in [4.69, 9.17) is 9.47 Å². The van der Waals surface area contributed by atoms with Crippen LogP contribution in [0, 0.1) is 11.9 Å². The Morgan fingerprint density at radius 2 is 2.24 bits per heavy atom. The summed E-state index contributed by atoms with van der Waals surface area (Å²) < 4.78 is 24.2. The summed E-state index contributed by atoms with van der Waals surface area (Å²) in [6.07, 6.45) is 3.53. The van der Waals surface area contributed by atoms with Gasteiger partial charge in [0.25, 0.3) is 0 Å². The van der Waals surface area contributed by atoms with Crippen molar-refractivity contribution in [3.8, 4) is 5.75 Å². The second kappa shape index (κ2) is 8.55. The van der Waals surface area contributed by atoms with Gasteiger partial charge in [-0.1, -0.05) is 40.6 Å². The second-order valence-corrected chi connectivity index (χ2v) is 5.76. The molecule has 0 bridgehead atoms. The standard InChI is InChI=1S/C14H14FINO3.Y/c1-17-11(7-6-10(16)14(17)18)13-9(15)4-3-5-12(13)20-8-19-2;/h3-5,10H,6,8H2,1-2H3;/q-1;. The number of hydrogen-bond acceptors (Lipinski definition) is 3. The van der Waals surface area contributed by atoms with Crippen molar-refractivity contribution in [3.05, 3.63) is 35.7 Å². The molecule has 0 saturated heterocycles. The minimum atomic E-state index is -0.451. The van der Waals surface area contributed by atoms with Gasteiger partial charge in [0.2, 0.25) is 5.91 Å². The smallest absolute Gasteiger partial charge is 0.235 e. The Bertz CT molecular complexity index is 553. The van der Waals surface area contributed by atoms with E-state index in [0.29, 0.717) is 17.9 Å². The molecule has 2 rings (SSSR count). The molecule has 1 radical (unpaired) electrons. The molecule has 1 atom stereocenters. The summed E-state index contributed by atoms with van der Waals surface area (Å²) >= 11 is 2.06. The Kier molecular flexibility index (Phi) is 7.74.